The van der Waals surface area contributed by atoms with Gasteiger partial charge in [0.25, 0.3) is 0 Å². The molecule has 0 spiro atoms. The van der Waals surface area contributed by atoms with Gasteiger partial charge in [-0.25, -0.2) is 0 Å². The predicted octanol–water partition coefficient (Wildman–Crippen LogP) is 4.42. The first-order valence-corrected chi connectivity index (χ1v) is 12.7. The zero-order chi connectivity index (χ0) is 22.3. The van der Waals surface area contributed by atoms with Crippen molar-refractivity contribution in [1.82, 2.24) is 10.2 Å². The number of benzene rings is 1. The molecule has 2 fully saturated rings. The summed E-state index contributed by atoms with van der Waals surface area (Å²) in [6.07, 6.45) is 15.0. The Kier molecular flexibility index (Phi) is 8.20. The summed E-state index contributed by atoms with van der Waals surface area (Å²) in [5.74, 6) is 1.61. The van der Waals surface area contributed by atoms with Crippen LogP contribution in [-0.4, -0.2) is 48.2 Å². The number of likely N-dealkylation sites (tertiary alicyclic amines) is 1. The molecular weight excluding hydrogens is 396 g/mol. The van der Waals surface area contributed by atoms with E-state index < -0.39 is 0 Å². The van der Waals surface area contributed by atoms with Crippen LogP contribution < -0.4 is 5.32 Å². The zero-order valence-electron chi connectivity index (χ0n) is 19.6. The first-order chi connectivity index (χ1) is 15.6. The lowest BCUT2D eigenvalue weighted by molar-refractivity contribution is -0.131. The average Bonchev–Trinajstić information content (AvgIpc) is 3.31. The van der Waals surface area contributed by atoms with Crippen LogP contribution in [0, 0.1) is 24.7 Å². The van der Waals surface area contributed by atoms with Crippen molar-refractivity contribution in [2.75, 3.05) is 26.2 Å². The first kappa shape index (κ1) is 23.3. The minimum atomic E-state index is -0.215. The van der Waals surface area contributed by atoms with E-state index >= 15 is 0 Å². The van der Waals surface area contributed by atoms with Crippen molar-refractivity contribution in [2.24, 2.45) is 17.8 Å². The second-order valence-corrected chi connectivity index (χ2v) is 10.1. The number of nitrogens with one attached hydrogen (secondary N) is 1. The molecule has 0 aromatic heterocycles. The van der Waals surface area contributed by atoms with Gasteiger partial charge in [-0.3, -0.25) is 4.79 Å². The summed E-state index contributed by atoms with van der Waals surface area (Å²) >= 11 is 0. The second kappa shape index (κ2) is 11.3. The SMILES string of the molecule is Cc1cccc(CC/C=C/[C@@H]2[C@H]3CC(CNCCC(=O)N4CCCCC4)=C[C@H]3C[C@H]2O)c1. The maximum atomic E-state index is 12.3. The average molecular weight is 437 g/mol. The van der Waals surface area contributed by atoms with Gasteiger partial charge in [0.15, 0.2) is 0 Å². The van der Waals surface area contributed by atoms with E-state index in [9.17, 15) is 9.90 Å². The molecule has 4 nitrogen and oxygen atoms in total. The van der Waals surface area contributed by atoms with Crippen LogP contribution in [0.1, 0.15) is 56.1 Å². The van der Waals surface area contributed by atoms with Gasteiger partial charge in [0, 0.05) is 38.5 Å². The monoisotopic (exact) mass is 436 g/mol. The van der Waals surface area contributed by atoms with Crippen LogP contribution in [0.25, 0.3) is 0 Å². The topological polar surface area (TPSA) is 52.6 Å². The lowest BCUT2D eigenvalue weighted by Gasteiger charge is -2.26. The van der Waals surface area contributed by atoms with E-state index in [4.69, 9.17) is 0 Å². The summed E-state index contributed by atoms with van der Waals surface area (Å²) in [5, 5.41) is 14.1. The van der Waals surface area contributed by atoms with Gasteiger partial charge in [-0.05, 0) is 69.3 Å². The number of amides is 1. The van der Waals surface area contributed by atoms with E-state index in [0.29, 0.717) is 24.2 Å². The van der Waals surface area contributed by atoms with E-state index in [0.717, 1.165) is 64.7 Å². The highest BCUT2D eigenvalue weighted by Crippen LogP contribution is 2.47. The third-order valence-corrected chi connectivity index (χ3v) is 7.57. The number of carbonyl (C=O) groups excluding carboxylic acids is 1. The molecule has 2 aliphatic carbocycles. The van der Waals surface area contributed by atoms with Crippen LogP contribution in [0.3, 0.4) is 0 Å². The summed E-state index contributed by atoms with van der Waals surface area (Å²) in [5.41, 5.74) is 4.15. The van der Waals surface area contributed by atoms with Crippen LogP contribution in [0.15, 0.2) is 48.1 Å². The van der Waals surface area contributed by atoms with Crippen molar-refractivity contribution in [1.29, 1.82) is 0 Å². The lowest BCUT2D eigenvalue weighted by Crippen LogP contribution is -2.37. The van der Waals surface area contributed by atoms with Gasteiger partial charge in [-0.15, -0.1) is 0 Å². The van der Waals surface area contributed by atoms with E-state index in [1.165, 1.54) is 23.1 Å². The molecule has 4 heteroatoms. The van der Waals surface area contributed by atoms with Gasteiger partial charge in [0.2, 0.25) is 5.91 Å². The highest BCUT2D eigenvalue weighted by Gasteiger charge is 2.43. The number of aryl methyl sites for hydroxylation is 2. The Bertz CT molecular complexity index is 824. The summed E-state index contributed by atoms with van der Waals surface area (Å²) in [6.45, 7) is 5.65. The summed E-state index contributed by atoms with van der Waals surface area (Å²) in [6, 6.07) is 8.72. The molecule has 174 valence electrons. The van der Waals surface area contributed by atoms with Gasteiger partial charge in [-0.2, -0.15) is 0 Å². The number of hydrogen-bond acceptors (Lipinski definition) is 3. The Morgan fingerprint density at radius 2 is 2.09 bits per heavy atom. The Labute approximate surface area is 193 Å². The maximum Gasteiger partial charge on any atom is 0.223 e. The van der Waals surface area contributed by atoms with E-state index in [2.05, 4.69) is 54.7 Å². The van der Waals surface area contributed by atoms with Crippen LogP contribution in [-0.2, 0) is 11.2 Å². The van der Waals surface area contributed by atoms with Crippen molar-refractivity contribution in [3.05, 3.63) is 59.2 Å². The molecule has 4 atom stereocenters. The van der Waals surface area contributed by atoms with Crippen molar-refractivity contribution in [2.45, 2.75) is 64.4 Å². The fourth-order valence-electron chi connectivity index (χ4n) is 5.85. The molecule has 1 saturated heterocycles. The fourth-order valence-corrected chi connectivity index (χ4v) is 5.85. The molecule has 1 aromatic rings. The van der Waals surface area contributed by atoms with Gasteiger partial charge >= 0.3 is 0 Å². The minimum absolute atomic E-state index is 0.215. The predicted molar refractivity (Wildman–Crippen MR) is 130 cm³/mol. The number of aliphatic hydroxyl groups is 1. The van der Waals surface area contributed by atoms with E-state index in [-0.39, 0.29) is 12.0 Å². The molecule has 2 N–H and O–H groups in total. The molecule has 0 radical (unpaired) electrons. The first-order valence-electron chi connectivity index (χ1n) is 12.7. The van der Waals surface area contributed by atoms with Gasteiger partial charge in [-0.1, -0.05) is 53.6 Å². The molecule has 1 aromatic carbocycles. The lowest BCUT2D eigenvalue weighted by atomic mass is 9.89. The molecule has 1 heterocycles. The van der Waals surface area contributed by atoms with Gasteiger partial charge in [0.1, 0.15) is 0 Å². The van der Waals surface area contributed by atoms with E-state index in [1.54, 1.807) is 0 Å². The highest BCUT2D eigenvalue weighted by atomic mass is 16.3. The zero-order valence-corrected chi connectivity index (χ0v) is 19.6. The van der Waals surface area contributed by atoms with Gasteiger partial charge in [0.05, 0.1) is 6.10 Å². The number of carbonyl (C=O) groups is 1. The molecule has 0 bridgehead atoms. The minimum Gasteiger partial charge on any atom is -0.392 e. The number of fused-ring (bicyclic) bond motifs is 1. The molecule has 0 unspecified atom stereocenters. The Morgan fingerprint density at radius 1 is 1.25 bits per heavy atom. The molecular formula is C28H40N2O2. The summed E-state index contributed by atoms with van der Waals surface area (Å²) in [7, 11) is 0. The standard InChI is InChI=1S/C28H40N2O2/c1-21-8-7-10-22(16-21)9-3-4-11-25-26-18-23(17-24(26)19-27(25)31)20-29-13-12-28(32)30-14-5-2-6-15-30/h4,7-8,10-11,16-17,24-27,29,31H,2-3,5-6,9,12-15,18-20H2,1H3/b11-4+/t24-,25+,26-,27+/m0/s1. The second-order valence-electron chi connectivity index (χ2n) is 10.1. The molecule has 32 heavy (non-hydrogen) atoms. The molecule has 1 saturated carbocycles. The van der Waals surface area contributed by atoms with Crippen molar-refractivity contribution < 1.29 is 9.90 Å². The number of aliphatic hydroxyl groups excluding tert-OH is 1. The van der Waals surface area contributed by atoms with Gasteiger partial charge < -0.3 is 15.3 Å². The molecule has 4 rings (SSSR count). The van der Waals surface area contributed by atoms with Crippen molar-refractivity contribution >= 4 is 5.91 Å². The van der Waals surface area contributed by atoms with Crippen LogP contribution in [0.5, 0.6) is 0 Å². The number of allylic oxidation sites excluding steroid dienone is 2. The molecule has 1 amide bonds. The quantitative estimate of drug-likeness (QED) is 0.445. The normalized spacial score (nSPS) is 27.7. The smallest absolute Gasteiger partial charge is 0.223 e. The summed E-state index contributed by atoms with van der Waals surface area (Å²) in [4.78, 5) is 14.3. The third-order valence-electron chi connectivity index (χ3n) is 7.57. The fraction of sp³-hybridized carbons (Fsp3) is 0.607. The number of hydrogen-bond donors (Lipinski definition) is 2. The number of rotatable bonds is 9. The maximum absolute atomic E-state index is 12.3. The van der Waals surface area contributed by atoms with Crippen LogP contribution in [0.4, 0.5) is 0 Å². The Morgan fingerprint density at radius 3 is 2.91 bits per heavy atom. The van der Waals surface area contributed by atoms with Crippen molar-refractivity contribution in [3.8, 4) is 0 Å². The van der Waals surface area contributed by atoms with E-state index in [1.807, 2.05) is 4.90 Å². The van der Waals surface area contributed by atoms with Crippen molar-refractivity contribution in [3.63, 3.8) is 0 Å². The molecule has 3 aliphatic rings. The van der Waals surface area contributed by atoms with Crippen LogP contribution >= 0.6 is 0 Å². The molecule has 1 aliphatic heterocycles. The Balaban J connectivity index is 1.17. The summed E-state index contributed by atoms with van der Waals surface area (Å²) < 4.78 is 0. The number of piperidine rings is 1. The number of nitrogens with zero attached hydrogens (tertiary/aromatic N) is 1. The largest absolute Gasteiger partial charge is 0.392 e. The van der Waals surface area contributed by atoms with Crippen LogP contribution in [0.2, 0.25) is 0 Å². The third kappa shape index (κ3) is 6.11. The highest BCUT2D eigenvalue weighted by molar-refractivity contribution is 5.76. The Hall–Kier alpha value is -1.91.